The van der Waals surface area contributed by atoms with Crippen LogP contribution in [0.5, 0.6) is 0 Å². The van der Waals surface area contributed by atoms with Gasteiger partial charge in [0.1, 0.15) is 0 Å². The lowest BCUT2D eigenvalue weighted by molar-refractivity contribution is 0.0134. The second kappa shape index (κ2) is 14.6. The van der Waals surface area contributed by atoms with Gasteiger partial charge in [-0.25, -0.2) is 0 Å². The Kier molecular flexibility index (Phi) is 14.7. The Morgan fingerprint density at radius 3 is 1.89 bits per heavy atom. The molecule has 0 aromatic heterocycles. The van der Waals surface area contributed by atoms with E-state index >= 15 is 0 Å². The molecule has 1 N–H and O–H groups in total. The van der Waals surface area contributed by atoms with Gasteiger partial charge in [0.05, 0.1) is 33.0 Å². The molecule has 0 radical (unpaired) electrons. The largest absolute Gasteiger partial charge is 0.379 e. The highest BCUT2D eigenvalue weighted by Gasteiger charge is 1.95. The van der Waals surface area contributed by atoms with E-state index in [1.165, 1.54) is 0 Å². The summed E-state index contributed by atoms with van der Waals surface area (Å²) >= 11 is 4.28. The van der Waals surface area contributed by atoms with Gasteiger partial charge < -0.3 is 19.5 Å². The van der Waals surface area contributed by atoms with Crippen LogP contribution in [-0.4, -0.2) is 58.0 Å². The van der Waals surface area contributed by atoms with Crippen molar-refractivity contribution in [1.82, 2.24) is 5.32 Å². The molecule has 0 aromatic rings. The first kappa shape index (κ1) is 19.2. The van der Waals surface area contributed by atoms with Crippen LogP contribution in [0.15, 0.2) is 0 Å². The molecule has 0 heterocycles. The number of nitrogens with one attached hydrogen (secondary N) is 1. The van der Waals surface area contributed by atoms with Crippen LogP contribution < -0.4 is 5.32 Å². The van der Waals surface area contributed by atoms with Crippen molar-refractivity contribution < 1.29 is 14.2 Å². The monoisotopic (exact) mass is 293 g/mol. The van der Waals surface area contributed by atoms with Crippen molar-refractivity contribution in [2.75, 3.05) is 52.7 Å². The van der Waals surface area contributed by atoms with E-state index in [9.17, 15) is 0 Å². The van der Waals surface area contributed by atoms with Crippen LogP contribution in [-0.2, 0) is 14.2 Å². The molecule has 0 rings (SSSR count). The summed E-state index contributed by atoms with van der Waals surface area (Å²) in [6.07, 6.45) is 1.11. The number of hydrogen-bond acceptors (Lipinski definition) is 5. The average molecular weight is 293 g/mol. The molecule has 0 saturated heterocycles. The van der Waals surface area contributed by atoms with Crippen LogP contribution in [0.2, 0.25) is 0 Å². The summed E-state index contributed by atoms with van der Waals surface area (Å²) in [4.78, 5) is 0. The highest BCUT2D eigenvalue weighted by atomic mass is 32.1. The lowest BCUT2D eigenvalue weighted by atomic mass is 10.1. The van der Waals surface area contributed by atoms with E-state index < -0.39 is 0 Å². The van der Waals surface area contributed by atoms with Crippen LogP contribution in [0.1, 0.15) is 27.2 Å². The van der Waals surface area contributed by atoms with Crippen molar-refractivity contribution in [3.05, 3.63) is 0 Å². The lowest BCUT2D eigenvalue weighted by Gasteiger charge is -2.09. The summed E-state index contributed by atoms with van der Waals surface area (Å²) in [6.45, 7) is 12.4. The molecule has 1 atom stereocenters. The second-order valence-electron chi connectivity index (χ2n) is 5.07. The fourth-order valence-corrected chi connectivity index (χ4v) is 1.45. The number of hydrogen-bond donors (Lipinski definition) is 2. The highest BCUT2D eigenvalue weighted by Crippen LogP contribution is 1.98. The Hall–Kier alpha value is 0.190. The van der Waals surface area contributed by atoms with Crippen molar-refractivity contribution in [3.63, 3.8) is 0 Å². The molecule has 5 heteroatoms. The fraction of sp³-hybridized carbons (Fsp3) is 1.00. The average Bonchev–Trinajstić information content (AvgIpc) is 2.34. The number of ether oxygens (including phenoxy) is 3. The summed E-state index contributed by atoms with van der Waals surface area (Å²) in [5, 5.41) is 3.64. The molecule has 4 nitrogen and oxygen atoms in total. The van der Waals surface area contributed by atoms with E-state index in [-0.39, 0.29) is 0 Å². The second-order valence-corrected chi connectivity index (χ2v) is 5.95. The fourth-order valence-electron chi connectivity index (χ4n) is 1.32. The molecule has 0 saturated carbocycles. The van der Waals surface area contributed by atoms with Gasteiger partial charge in [0.25, 0.3) is 0 Å². The van der Waals surface area contributed by atoms with Crippen LogP contribution in [0.4, 0.5) is 0 Å². The van der Waals surface area contributed by atoms with Crippen molar-refractivity contribution >= 4 is 12.6 Å². The normalized spacial score (nSPS) is 13.1. The van der Waals surface area contributed by atoms with E-state index in [4.69, 9.17) is 14.2 Å². The first-order chi connectivity index (χ1) is 9.13. The Labute approximate surface area is 124 Å². The van der Waals surface area contributed by atoms with Crippen molar-refractivity contribution in [3.8, 4) is 0 Å². The quantitative estimate of drug-likeness (QED) is 0.379. The molecule has 0 bridgehead atoms. The van der Waals surface area contributed by atoms with Crippen LogP contribution >= 0.6 is 12.6 Å². The van der Waals surface area contributed by atoms with Crippen LogP contribution in [0.3, 0.4) is 0 Å². The van der Waals surface area contributed by atoms with Gasteiger partial charge in [0.2, 0.25) is 0 Å². The van der Waals surface area contributed by atoms with Gasteiger partial charge in [-0.15, -0.1) is 0 Å². The van der Waals surface area contributed by atoms with Crippen molar-refractivity contribution in [1.29, 1.82) is 0 Å². The van der Waals surface area contributed by atoms with Gasteiger partial charge in [0.15, 0.2) is 0 Å². The van der Waals surface area contributed by atoms with Gasteiger partial charge in [0, 0.05) is 24.9 Å². The number of rotatable bonds is 14. The maximum atomic E-state index is 5.44. The Balaban J connectivity index is 2.95. The van der Waals surface area contributed by atoms with Crippen molar-refractivity contribution in [2.45, 2.75) is 32.4 Å². The first-order valence-corrected chi connectivity index (χ1v) is 7.76. The standard InChI is InChI=1S/C14H31NO3S/c1-13(2)4-6-16-8-10-18-11-9-17-7-5-15-12-14(3)19/h13-15,19H,4-12H2,1-3H3/t14-/m0/s1. The molecule has 0 spiro atoms. The summed E-state index contributed by atoms with van der Waals surface area (Å²) < 4.78 is 16.3. The predicted octanol–water partition coefficient (Wildman–Crippen LogP) is 1.99. The minimum absolute atomic E-state index is 0.388. The van der Waals surface area contributed by atoms with Crippen LogP contribution in [0.25, 0.3) is 0 Å². The zero-order valence-corrected chi connectivity index (χ0v) is 13.6. The van der Waals surface area contributed by atoms with Crippen LogP contribution in [0, 0.1) is 5.92 Å². The smallest absolute Gasteiger partial charge is 0.0701 e. The summed E-state index contributed by atoms with van der Waals surface area (Å²) in [7, 11) is 0. The molecule has 0 fully saturated rings. The zero-order valence-electron chi connectivity index (χ0n) is 12.7. The SMILES string of the molecule is CC(C)CCOCCOCCOCCNC[C@H](C)S. The lowest BCUT2D eigenvalue weighted by Crippen LogP contribution is -2.25. The topological polar surface area (TPSA) is 39.7 Å². The third-order valence-corrected chi connectivity index (χ3v) is 2.63. The minimum atomic E-state index is 0.388. The van der Waals surface area contributed by atoms with Gasteiger partial charge >= 0.3 is 0 Å². The third kappa shape index (κ3) is 18.2. The molecular weight excluding hydrogens is 262 g/mol. The molecule has 0 aliphatic heterocycles. The molecular formula is C14H31NO3S. The third-order valence-electron chi connectivity index (χ3n) is 2.45. The van der Waals surface area contributed by atoms with E-state index in [1.54, 1.807) is 0 Å². The summed E-state index contributed by atoms with van der Waals surface area (Å²) in [6, 6.07) is 0. The van der Waals surface area contributed by atoms with Gasteiger partial charge in [-0.2, -0.15) is 12.6 Å². The maximum Gasteiger partial charge on any atom is 0.0701 e. The predicted molar refractivity (Wildman–Crippen MR) is 83.2 cm³/mol. The zero-order chi connectivity index (χ0) is 14.3. The highest BCUT2D eigenvalue weighted by molar-refractivity contribution is 7.80. The van der Waals surface area contributed by atoms with E-state index in [1.807, 2.05) is 0 Å². The van der Waals surface area contributed by atoms with E-state index in [0.717, 1.165) is 32.7 Å². The number of thiol groups is 1. The summed E-state index contributed by atoms with van der Waals surface area (Å²) in [5.41, 5.74) is 0. The Morgan fingerprint density at radius 1 is 0.842 bits per heavy atom. The Morgan fingerprint density at radius 2 is 1.37 bits per heavy atom. The molecule has 0 amide bonds. The molecule has 0 aliphatic carbocycles. The van der Waals surface area contributed by atoms with Crippen molar-refractivity contribution in [2.24, 2.45) is 5.92 Å². The van der Waals surface area contributed by atoms with E-state index in [0.29, 0.717) is 37.6 Å². The van der Waals surface area contributed by atoms with Gasteiger partial charge in [-0.1, -0.05) is 20.8 Å². The molecule has 0 unspecified atom stereocenters. The Bertz CT molecular complexity index is 162. The minimum Gasteiger partial charge on any atom is -0.379 e. The molecule has 19 heavy (non-hydrogen) atoms. The maximum absolute atomic E-state index is 5.44. The van der Waals surface area contributed by atoms with Gasteiger partial charge in [-0.3, -0.25) is 0 Å². The summed E-state index contributed by atoms with van der Waals surface area (Å²) in [5.74, 6) is 0.702. The van der Waals surface area contributed by atoms with Gasteiger partial charge in [-0.05, 0) is 12.3 Å². The molecule has 116 valence electrons. The first-order valence-electron chi connectivity index (χ1n) is 7.25. The molecule has 0 aromatic carbocycles. The van der Waals surface area contributed by atoms with E-state index in [2.05, 4.69) is 38.7 Å². The molecule has 0 aliphatic rings.